The van der Waals surface area contributed by atoms with Crippen LogP contribution in [-0.2, 0) is 0 Å². The van der Waals surface area contributed by atoms with Crippen molar-refractivity contribution in [2.75, 3.05) is 24.7 Å². The highest BCUT2D eigenvalue weighted by Gasteiger charge is 2.43. The average molecular weight is 382 g/mol. The van der Waals surface area contributed by atoms with Gasteiger partial charge in [0, 0.05) is 25.5 Å². The van der Waals surface area contributed by atoms with Crippen LogP contribution in [0, 0.1) is 0 Å². The molecule has 0 aromatic heterocycles. The first-order valence-electron chi connectivity index (χ1n) is 8.70. The fraction of sp³-hybridized carbons (Fsp3) is 0.211. The Balaban J connectivity index is 1.66. The fourth-order valence-electron chi connectivity index (χ4n) is 2.91. The fourth-order valence-corrected chi connectivity index (χ4v) is 2.91. The van der Waals surface area contributed by atoms with Gasteiger partial charge in [0.1, 0.15) is 12.3 Å². The van der Waals surface area contributed by atoms with Crippen LogP contribution in [0.4, 0.5) is 25.8 Å². The number of carbonyl (C=O) groups excluding carboxylic acids is 3. The van der Waals surface area contributed by atoms with Gasteiger partial charge in [-0.3, -0.25) is 0 Å². The lowest BCUT2D eigenvalue weighted by Crippen LogP contribution is -2.57. The molecule has 146 valence electrons. The predicted molar refractivity (Wildman–Crippen MR) is 106 cm³/mol. The van der Waals surface area contributed by atoms with Gasteiger partial charge in [0.05, 0.1) is 0 Å². The topological polar surface area (TPSA) is 106 Å². The van der Waals surface area contributed by atoms with Gasteiger partial charge in [-0.2, -0.15) is 0 Å². The van der Waals surface area contributed by atoms with E-state index in [0.29, 0.717) is 11.4 Å². The first-order valence-corrected chi connectivity index (χ1v) is 8.70. The highest BCUT2D eigenvalue weighted by atomic mass is 16.2. The van der Waals surface area contributed by atoms with Crippen molar-refractivity contribution < 1.29 is 14.4 Å². The number of rotatable bonds is 4. The van der Waals surface area contributed by atoms with Crippen molar-refractivity contribution in [3.8, 4) is 0 Å². The number of nitrogens with zero attached hydrogens (tertiary/aromatic N) is 2. The van der Waals surface area contributed by atoms with E-state index in [1.807, 2.05) is 12.1 Å². The molecule has 28 heavy (non-hydrogen) atoms. The van der Waals surface area contributed by atoms with Gasteiger partial charge < -0.3 is 31.1 Å². The zero-order valence-electron chi connectivity index (χ0n) is 15.5. The summed E-state index contributed by atoms with van der Waals surface area (Å²) in [7, 11) is 3.12. The van der Waals surface area contributed by atoms with Gasteiger partial charge in [0.25, 0.3) is 0 Å². The minimum Gasteiger partial charge on any atom is -0.314 e. The molecule has 0 aliphatic carbocycles. The van der Waals surface area contributed by atoms with E-state index in [1.165, 1.54) is 9.80 Å². The van der Waals surface area contributed by atoms with Gasteiger partial charge in [-0.25, -0.2) is 14.4 Å². The minimum atomic E-state index is -0.747. The monoisotopic (exact) mass is 382 g/mol. The molecule has 0 spiro atoms. The highest BCUT2D eigenvalue weighted by molar-refractivity contribution is 5.92. The smallest absolute Gasteiger partial charge is 0.314 e. The first-order chi connectivity index (χ1) is 13.5. The molecule has 1 fully saturated rings. The van der Waals surface area contributed by atoms with Crippen LogP contribution in [0.25, 0.3) is 0 Å². The molecule has 1 saturated heterocycles. The third-order valence-corrected chi connectivity index (χ3v) is 4.36. The summed E-state index contributed by atoms with van der Waals surface area (Å²) in [5, 5.41) is 10.9. The molecule has 0 saturated carbocycles. The van der Waals surface area contributed by atoms with Crippen molar-refractivity contribution in [1.29, 1.82) is 0 Å². The van der Waals surface area contributed by atoms with Crippen LogP contribution < -0.4 is 21.3 Å². The van der Waals surface area contributed by atoms with Gasteiger partial charge in [-0.05, 0) is 24.3 Å². The van der Waals surface area contributed by atoms with Crippen LogP contribution in [-0.4, -0.2) is 54.3 Å². The van der Waals surface area contributed by atoms with Crippen LogP contribution in [0.15, 0.2) is 60.7 Å². The van der Waals surface area contributed by atoms with Gasteiger partial charge in [0.15, 0.2) is 0 Å². The Bertz CT molecular complexity index is 776. The van der Waals surface area contributed by atoms with Gasteiger partial charge >= 0.3 is 18.1 Å². The van der Waals surface area contributed by atoms with Gasteiger partial charge in [-0.15, -0.1) is 0 Å². The summed E-state index contributed by atoms with van der Waals surface area (Å²) in [6, 6.07) is 16.6. The largest absolute Gasteiger partial charge is 0.323 e. The molecule has 0 unspecified atom stereocenters. The zero-order valence-corrected chi connectivity index (χ0v) is 15.5. The maximum absolute atomic E-state index is 12.3. The van der Waals surface area contributed by atoms with Crippen molar-refractivity contribution in [3.63, 3.8) is 0 Å². The summed E-state index contributed by atoms with van der Waals surface area (Å²) in [6.45, 7) is 0. The number of anilines is 2. The number of nitrogens with one attached hydrogen (secondary N) is 4. The standard InChI is InChI=1S/C19H22N6O3/c1-24-15(22-17(26)20-13-9-5-3-6-10-13)16(25(2)19(24)28)23-18(27)21-14-11-7-4-8-12-14/h3-12,15-16H,1-2H3,(H2,20,22,26)(H2,21,23,27)/t15-,16-/m1/s1. The number of urea groups is 3. The molecule has 1 heterocycles. The lowest BCUT2D eigenvalue weighted by atomic mass is 10.3. The summed E-state index contributed by atoms with van der Waals surface area (Å²) in [5.41, 5.74) is 1.23. The van der Waals surface area contributed by atoms with E-state index in [-0.39, 0.29) is 6.03 Å². The maximum atomic E-state index is 12.3. The van der Waals surface area contributed by atoms with E-state index < -0.39 is 24.4 Å². The molecular formula is C19H22N6O3. The molecule has 2 aromatic rings. The SMILES string of the molecule is CN1C(=O)N(C)[C@@H](NC(=O)Nc2ccccc2)[C@@H]1NC(=O)Nc1ccccc1. The van der Waals surface area contributed by atoms with Gasteiger partial charge in [0.2, 0.25) is 0 Å². The highest BCUT2D eigenvalue weighted by Crippen LogP contribution is 2.17. The molecule has 3 rings (SSSR count). The normalized spacial score (nSPS) is 18.6. The number of likely N-dealkylation sites (N-methyl/N-ethyl adjacent to an activating group) is 2. The zero-order chi connectivity index (χ0) is 20.1. The van der Waals surface area contributed by atoms with E-state index in [9.17, 15) is 14.4 Å². The van der Waals surface area contributed by atoms with Crippen LogP contribution in [0.5, 0.6) is 0 Å². The molecule has 4 N–H and O–H groups in total. The lowest BCUT2D eigenvalue weighted by Gasteiger charge is -2.27. The predicted octanol–water partition coefficient (Wildman–Crippen LogP) is 2.28. The number of carbonyl (C=O) groups is 3. The number of hydrogen-bond acceptors (Lipinski definition) is 3. The molecular weight excluding hydrogens is 360 g/mol. The Morgan fingerprint density at radius 2 is 1.07 bits per heavy atom. The summed E-state index contributed by atoms with van der Waals surface area (Å²) < 4.78 is 0. The van der Waals surface area contributed by atoms with Crippen molar-refractivity contribution in [2.45, 2.75) is 12.3 Å². The van der Waals surface area contributed by atoms with Crippen molar-refractivity contribution >= 4 is 29.5 Å². The molecule has 9 nitrogen and oxygen atoms in total. The molecule has 0 bridgehead atoms. The Labute approximate surface area is 162 Å². The van der Waals surface area contributed by atoms with Crippen molar-refractivity contribution in [1.82, 2.24) is 20.4 Å². The Kier molecular flexibility index (Phi) is 5.64. The molecule has 6 amide bonds. The van der Waals surface area contributed by atoms with Crippen LogP contribution >= 0.6 is 0 Å². The first kappa shape index (κ1) is 19.0. The van der Waals surface area contributed by atoms with Crippen molar-refractivity contribution in [2.24, 2.45) is 0 Å². The molecule has 1 aliphatic heterocycles. The second-order valence-electron chi connectivity index (χ2n) is 6.32. The molecule has 1 aliphatic rings. The van der Waals surface area contributed by atoms with Crippen LogP contribution in [0.3, 0.4) is 0 Å². The lowest BCUT2D eigenvalue weighted by molar-refractivity contribution is 0.197. The third-order valence-electron chi connectivity index (χ3n) is 4.36. The van der Waals surface area contributed by atoms with E-state index in [0.717, 1.165) is 0 Å². The van der Waals surface area contributed by atoms with Crippen LogP contribution in [0.2, 0.25) is 0 Å². The van der Waals surface area contributed by atoms with E-state index in [1.54, 1.807) is 62.6 Å². The quantitative estimate of drug-likeness (QED) is 0.652. The molecule has 2 aromatic carbocycles. The van der Waals surface area contributed by atoms with Gasteiger partial charge in [-0.1, -0.05) is 36.4 Å². The Hall–Kier alpha value is -3.75. The van der Waals surface area contributed by atoms with E-state index >= 15 is 0 Å². The van der Waals surface area contributed by atoms with E-state index in [2.05, 4.69) is 21.3 Å². The maximum Gasteiger partial charge on any atom is 0.323 e. The summed E-state index contributed by atoms with van der Waals surface area (Å²) in [5.74, 6) is 0. The summed E-state index contributed by atoms with van der Waals surface area (Å²) >= 11 is 0. The minimum absolute atomic E-state index is 0.324. The number of hydrogen-bond donors (Lipinski definition) is 4. The molecule has 9 heteroatoms. The number of para-hydroxylation sites is 2. The Morgan fingerprint density at radius 3 is 1.43 bits per heavy atom. The summed E-state index contributed by atoms with van der Waals surface area (Å²) in [4.78, 5) is 39.7. The second kappa shape index (κ2) is 8.30. The average Bonchev–Trinajstić information content (AvgIpc) is 2.88. The van der Waals surface area contributed by atoms with E-state index in [4.69, 9.17) is 0 Å². The van der Waals surface area contributed by atoms with Crippen molar-refractivity contribution in [3.05, 3.63) is 60.7 Å². The summed E-state index contributed by atoms with van der Waals surface area (Å²) in [6.07, 6.45) is -1.49. The number of amides is 6. The molecule has 0 radical (unpaired) electrons. The second-order valence-corrected chi connectivity index (χ2v) is 6.32. The van der Waals surface area contributed by atoms with Crippen LogP contribution in [0.1, 0.15) is 0 Å². The molecule has 2 atom stereocenters. The Morgan fingerprint density at radius 1 is 0.714 bits per heavy atom. The third kappa shape index (κ3) is 4.32. The number of benzene rings is 2.